The van der Waals surface area contributed by atoms with Crippen molar-refractivity contribution in [2.75, 3.05) is 17.7 Å². The summed E-state index contributed by atoms with van der Waals surface area (Å²) < 4.78 is 12.9. The molecule has 0 unspecified atom stereocenters. The van der Waals surface area contributed by atoms with Gasteiger partial charge in [-0.15, -0.1) is 0 Å². The predicted octanol–water partition coefficient (Wildman–Crippen LogP) is 0.339. The number of aliphatic hydroxyl groups excluding tert-OH is 1. The number of benzene rings is 1. The smallest absolute Gasteiger partial charge is 0.250 e. The highest BCUT2D eigenvalue weighted by Gasteiger charge is 2.05. The number of aliphatic hydroxyl groups is 1. The Bertz CT molecular complexity index is 328. The van der Waals surface area contributed by atoms with E-state index in [-0.39, 0.29) is 5.69 Å². The first-order valence-electron chi connectivity index (χ1n) is 3.59. The molecule has 0 heterocycles. The van der Waals surface area contributed by atoms with Gasteiger partial charge in [-0.2, -0.15) is 0 Å². The second kappa shape index (κ2) is 3.86. The molecule has 0 aliphatic heterocycles. The van der Waals surface area contributed by atoms with Crippen LogP contribution in [0.5, 0.6) is 0 Å². The van der Waals surface area contributed by atoms with Crippen LogP contribution in [0.15, 0.2) is 18.2 Å². The van der Waals surface area contributed by atoms with Gasteiger partial charge in [0.05, 0.1) is 5.69 Å². The molecule has 1 amide bonds. The molecule has 1 rings (SSSR count). The lowest BCUT2D eigenvalue weighted by Crippen LogP contribution is -2.16. The molecule has 0 aromatic heterocycles. The molecule has 4 N–H and O–H groups in total. The average Bonchev–Trinajstić information content (AvgIpc) is 2.11. The topological polar surface area (TPSA) is 75.3 Å². The quantitative estimate of drug-likeness (QED) is 0.580. The summed E-state index contributed by atoms with van der Waals surface area (Å²) in [5.41, 5.74) is 5.68. The summed E-state index contributed by atoms with van der Waals surface area (Å²) >= 11 is 0. The molecule has 0 fully saturated rings. The Hall–Kier alpha value is -1.62. The Balaban J connectivity index is 2.87. The van der Waals surface area contributed by atoms with Crippen molar-refractivity contribution < 1.29 is 14.3 Å². The zero-order valence-corrected chi connectivity index (χ0v) is 6.75. The van der Waals surface area contributed by atoms with Gasteiger partial charge in [0.2, 0.25) is 5.91 Å². The number of carbonyl (C=O) groups is 1. The molecule has 1 aromatic rings. The molecule has 0 saturated carbocycles. The monoisotopic (exact) mass is 184 g/mol. The molecule has 4 nitrogen and oxygen atoms in total. The summed E-state index contributed by atoms with van der Waals surface area (Å²) in [6.07, 6.45) is 0. The van der Waals surface area contributed by atoms with E-state index in [0.29, 0.717) is 5.69 Å². The highest BCUT2D eigenvalue weighted by molar-refractivity contribution is 5.92. The summed E-state index contributed by atoms with van der Waals surface area (Å²) in [6, 6.07) is 3.80. The van der Waals surface area contributed by atoms with Crippen LogP contribution < -0.4 is 11.1 Å². The van der Waals surface area contributed by atoms with E-state index in [2.05, 4.69) is 5.32 Å². The van der Waals surface area contributed by atoms with Crippen LogP contribution in [0.25, 0.3) is 0 Å². The summed E-state index contributed by atoms with van der Waals surface area (Å²) in [7, 11) is 0. The van der Waals surface area contributed by atoms with Gasteiger partial charge in [-0.25, -0.2) is 4.39 Å². The zero-order valence-electron chi connectivity index (χ0n) is 6.75. The molecule has 0 bridgehead atoms. The molecule has 70 valence electrons. The highest BCUT2D eigenvalue weighted by Crippen LogP contribution is 2.16. The van der Waals surface area contributed by atoms with Crippen LogP contribution in [0.1, 0.15) is 0 Å². The molecule has 13 heavy (non-hydrogen) atoms. The van der Waals surface area contributed by atoms with Crippen molar-refractivity contribution >= 4 is 17.3 Å². The van der Waals surface area contributed by atoms with Gasteiger partial charge < -0.3 is 16.2 Å². The van der Waals surface area contributed by atoms with Gasteiger partial charge >= 0.3 is 0 Å². The zero-order chi connectivity index (χ0) is 9.84. The fourth-order valence-corrected chi connectivity index (χ4v) is 0.828. The molecular formula is C8H9FN2O2. The van der Waals surface area contributed by atoms with E-state index in [1.165, 1.54) is 12.1 Å². The fourth-order valence-electron chi connectivity index (χ4n) is 0.828. The van der Waals surface area contributed by atoms with Crippen LogP contribution in [-0.2, 0) is 4.79 Å². The van der Waals surface area contributed by atoms with Gasteiger partial charge in [0, 0.05) is 5.69 Å². The lowest BCUT2D eigenvalue weighted by Gasteiger charge is -2.04. The van der Waals surface area contributed by atoms with E-state index in [1.54, 1.807) is 0 Å². The number of rotatable bonds is 2. The van der Waals surface area contributed by atoms with Crippen molar-refractivity contribution in [1.29, 1.82) is 0 Å². The van der Waals surface area contributed by atoms with Gasteiger partial charge in [-0.05, 0) is 18.2 Å². The van der Waals surface area contributed by atoms with Gasteiger partial charge in [0.1, 0.15) is 12.4 Å². The van der Waals surface area contributed by atoms with Crippen LogP contribution in [0.2, 0.25) is 0 Å². The van der Waals surface area contributed by atoms with Gasteiger partial charge in [0.25, 0.3) is 0 Å². The highest BCUT2D eigenvalue weighted by atomic mass is 19.1. The van der Waals surface area contributed by atoms with Crippen molar-refractivity contribution in [3.63, 3.8) is 0 Å². The maximum absolute atomic E-state index is 12.9. The minimum absolute atomic E-state index is 0.0287. The number of hydrogen-bond acceptors (Lipinski definition) is 3. The van der Waals surface area contributed by atoms with Crippen LogP contribution >= 0.6 is 0 Å². The van der Waals surface area contributed by atoms with Crippen molar-refractivity contribution in [1.82, 2.24) is 0 Å². The lowest BCUT2D eigenvalue weighted by atomic mass is 10.2. The first kappa shape index (κ1) is 9.47. The Kier molecular flexibility index (Phi) is 2.81. The van der Waals surface area contributed by atoms with E-state index >= 15 is 0 Å². The van der Waals surface area contributed by atoms with Gasteiger partial charge in [-0.1, -0.05) is 0 Å². The standard InChI is InChI=1S/C8H9FN2O2/c9-6-2-1-5(10)3-7(6)11-8(13)4-12/h1-3,12H,4,10H2,(H,11,13). The van der Waals surface area contributed by atoms with E-state index in [9.17, 15) is 9.18 Å². The van der Waals surface area contributed by atoms with E-state index < -0.39 is 18.3 Å². The first-order valence-corrected chi connectivity index (χ1v) is 3.59. The molecule has 0 aliphatic carbocycles. The fraction of sp³-hybridized carbons (Fsp3) is 0.125. The summed E-state index contributed by atoms with van der Waals surface area (Å²) in [5.74, 6) is -1.26. The Morgan fingerprint density at radius 1 is 1.62 bits per heavy atom. The second-order valence-electron chi connectivity index (χ2n) is 2.45. The summed E-state index contributed by atoms with van der Waals surface area (Å²) in [6.45, 7) is -0.686. The normalized spacial score (nSPS) is 9.69. The third kappa shape index (κ3) is 2.41. The molecule has 1 aromatic carbocycles. The number of nitrogens with two attached hydrogens (primary N) is 1. The summed E-state index contributed by atoms with van der Waals surface area (Å²) in [4.78, 5) is 10.7. The van der Waals surface area contributed by atoms with E-state index in [1.807, 2.05) is 0 Å². The molecule has 0 radical (unpaired) electrons. The molecule has 0 spiro atoms. The lowest BCUT2D eigenvalue weighted by molar-refractivity contribution is -0.118. The maximum Gasteiger partial charge on any atom is 0.250 e. The van der Waals surface area contributed by atoms with Gasteiger partial charge in [-0.3, -0.25) is 4.79 Å². The van der Waals surface area contributed by atoms with Crippen LogP contribution in [0.4, 0.5) is 15.8 Å². The number of nitrogen functional groups attached to an aromatic ring is 1. The number of anilines is 2. The van der Waals surface area contributed by atoms with Crippen molar-refractivity contribution in [2.45, 2.75) is 0 Å². The van der Waals surface area contributed by atoms with Crippen LogP contribution in [0.3, 0.4) is 0 Å². The van der Waals surface area contributed by atoms with Crippen LogP contribution in [-0.4, -0.2) is 17.6 Å². The van der Waals surface area contributed by atoms with E-state index in [0.717, 1.165) is 6.07 Å². The molecule has 0 atom stereocenters. The molecule has 0 aliphatic rings. The predicted molar refractivity (Wildman–Crippen MR) is 46.5 cm³/mol. The van der Waals surface area contributed by atoms with Crippen molar-refractivity contribution in [2.24, 2.45) is 0 Å². The molecule has 5 heteroatoms. The summed E-state index contributed by atoms with van der Waals surface area (Å²) in [5, 5.41) is 10.5. The minimum atomic E-state index is -0.686. The number of carbonyl (C=O) groups excluding carboxylic acids is 1. The number of amides is 1. The van der Waals surface area contributed by atoms with Gasteiger partial charge in [0.15, 0.2) is 0 Å². The van der Waals surface area contributed by atoms with Crippen molar-refractivity contribution in [3.8, 4) is 0 Å². The Morgan fingerprint density at radius 3 is 2.92 bits per heavy atom. The first-order chi connectivity index (χ1) is 6.13. The van der Waals surface area contributed by atoms with Crippen molar-refractivity contribution in [3.05, 3.63) is 24.0 Å². The third-order valence-corrected chi connectivity index (χ3v) is 1.41. The minimum Gasteiger partial charge on any atom is -0.399 e. The molecular weight excluding hydrogens is 175 g/mol. The number of nitrogens with one attached hydrogen (secondary N) is 1. The molecule has 0 saturated heterocycles. The Labute approximate surface area is 74.2 Å². The average molecular weight is 184 g/mol. The number of halogens is 1. The largest absolute Gasteiger partial charge is 0.399 e. The second-order valence-corrected chi connectivity index (χ2v) is 2.45. The SMILES string of the molecule is Nc1ccc(F)c(NC(=O)CO)c1. The Morgan fingerprint density at radius 2 is 2.31 bits per heavy atom. The van der Waals surface area contributed by atoms with E-state index in [4.69, 9.17) is 10.8 Å². The van der Waals surface area contributed by atoms with Crippen LogP contribution in [0, 0.1) is 5.82 Å². The maximum atomic E-state index is 12.9. The number of hydrogen-bond donors (Lipinski definition) is 3. The third-order valence-electron chi connectivity index (χ3n) is 1.41.